The number of halogens is 1. The van der Waals surface area contributed by atoms with Crippen molar-refractivity contribution in [2.24, 2.45) is 0 Å². The van der Waals surface area contributed by atoms with E-state index >= 15 is 0 Å². The predicted octanol–water partition coefficient (Wildman–Crippen LogP) is 4.15. The van der Waals surface area contributed by atoms with Crippen LogP contribution in [0.15, 0.2) is 54.6 Å². The lowest BCUT2D eigenvalue weighted by molar-refractivity contribution is 0.102. The molecule has 1 amide bonds. The van der Waals surface area contributed by atoms with Crippen LogP contribution in [0.2, 0.25) is 5.02 Å². The lowest BCUT2D eigenvalue weighted by Gasteiger charge is -2.17. The SMILES string of the molecule is Cc1cc(C(=O)Nc2cc(Cl)ccc2N(C)C)nn1-c1ccccc1. The third-order valence-electron chi connectivity index (χ3n) is 3.81. The first kappa shape index (κ1) is 17.0. The van der Waals surface area contributed by atoms with Crippen molar-refractivity contribution in [3.05, 3.63) is 71.0 Å². The van der Waals surface area contributed by atoms with Crippen molar-refractivity contribution in [2.75, 3.05) is 24.3 Å². The Hall–Kier alpha value is -2.79. The van der Waals surface area contributed by atoms with Crippen molar-refractivity contribution in [3.8, 4) is 5.69 Å². The van der Waals surface area contributed by atoms with E-state index in [9.17, 15) is 4.79 Å². The van der Waals surface area contributed by atoms with Crippen molar-refractivity contribution >= 4 is 28.9 Å². The molecule has 0 radical (unpaired) electrons. The number of nitrogens with zero attached hydrogens (tertiary/aromatic N) is 3. The number of hydrogen-bond acceptors (Lipinski definition) is 3. The molecule has 0 aliphatic heterocycles. The molecular formula is C19H19ClN4O. The molecule has 6 heteroatoms. The third-order valence-corrected chi connectivity index (χ3v) is 4.04. The second-order valence-corrected chi connectivity index (χ2v) is 6.36. The minimum absolute atomic E-state index is 0.275. The summed E-state index contributed by atoms with van der Waals surface area (Å²) in [6.07, 6.45) is 0. The molecule has 0 unspecified atom stereocenters. The second kappa shape index (κ2) is 6.99. The molecule has 1 aromatic heterocycles. The number of anilines is 2. The van der Waals surface area contributed by atoms with Gasteiger partial charge in [-0.1, -0.05) is 29.8 Å². The maximum Gasteiger partial charge on any atom is 0.276 e. The van der Waals surface area contributed by atoms with E-state index in [1.54, 1.807) is 22.9 Å². The summed E-state index contributed by atoms with van der Waals surface area (Å²) in [5, 5.41) is 7.89. The summed E-state index contributed by atoms with van der Waals surface area (Å²) in [5.74, 6) is -0.275. The van der Waals surface area contributed by atoms with Crippen molar-refractivity contribution < 1.29 is 4.79 Å². The number of amides is 1. The van der Waals surface area contributed by atoms with Crippen molar-refractivity contribution in [3.63, 3.8) is 0 Å². The molecule has 1 heterocycles. The van der Waals surface area contributed by atoms with Crippen LogP contribution in [0, 0.1) is 6.92 Å². The lowest BCUT2D eigenvalue weighted by atomic mass is 10.2. The molecule has 25 heavy (non-hydrogen) atoms. The van der Waals surface area contributed by atoms with Gasteiger partial charge in [0.15, 0.2) is 5.69 Å². The van der Waals surface area contributed by atoms with Crippen LogP contribution in [-0.4, -0.2) is 29.8 Å². The number of nitrogens with one attached hydrogen (secondary N) is 1. The third kappa shape index (κ3) is 3.67. The Kier molecular flexibility index (Phi) is 4.76. The van der Waals surface area contributed by atoms with Gasteiger partial charge in [-0.2, -0.15) is 5.10 Å². The van der Waals surface area contributed by atoms with Crippen molar-refractivity contribution in [1.29, 1.82) is 0 Å². The number of aryl methyl sites for hydroxylation is 1. The fourth-order valence-corrected chi connectivity index (χ4v) is 2.77. The fourth-order valence-electron chi connectivity index (χ4n) is 2.60. The Morgan fingerprint density at radius 2 is 1.84 bits per heavy atom. The largest absolute Gasteiger partial charge is 0.376 e. The van der Waals surface area contributed by atoms with Gasteiger partial charge in [0.05, 0.1) is 17.1 Å². The summed E-state index contributed by atoms with van der Waals surface area (Å²) < 4.78 is 1.75. The highest BCUT2D eigenvalue weighted by Gasteiger charge is 2.16. The standard InChI is InChI=1S/C19H19ClN4O/c1-13-11-17(22-24(13)15-7-5-4-6-8-15)19(25)21-16-12-14(20)9-10-18(16)23(2)3/h4-12H,1-3H3,(H,21,25). The molecule has 0 spiro atoms. The van der Waals surface area contributed by atoms with Crippen LogP contribution in [0.1, 0.15) is 16.2 Å². The molecule has 2 aromatic carbocycles. The summed E-state index contributed by atoms with van der Waals surface area (Å²) in [6, 6.07) is 16.9. The van der Waals surface area contributed by atoms with Gasteiger partial charge >= 0.3 is 0 Å². The smallest absolute Gasteiger partial charge is 0.276 e. The molecule has 1 N–H and O–H groups in total. The molecule has 3 rings (SSSR count). The van der Waals surface area contributed by atoms with Gasteiger partial charge in [-0.25, -0.2) is 4.68 Å². The molecule has 3 aromatic rings. The minimum atomic E-state index is -0.275. The second-order valence-electron chi connectivity index (χ2n) is 5.93. The molecule has 0 saturated heterocycles. The molecule has 0 bridgehead atoms. The number of hydrogen-bond donors (Lipinski definition) is 1. The molecule has 0 fully saturated rings. The zero-order valence-corrected chi connectivity index (χ0v) is 15.1. The number of rotatable bonds is 4. The summed E-state index contributed by atoms with van der Waals surface area (Å²) >= 11 is 6.07. The first-order valence-electron chi connectivity index (χ1n) is 7.86. The van der Waals surface area contributed by atoms with Gasteiger partial charge in [-0.3, -0.25) is 4.79 Å². The monoisotopic (exact) mass is 354 g/mol. The summed E-state index contributed by atoms with van der Waals surface area (Å²) in [7, 11) is 3.82. The first-order valence-corrected chi connectivity index (χ1v) is 8.24. The number of carbonyl (C=O) groups is 1. The lowest BCUT2D eigenvalue weighted by Crippen LogP contribution is -2.17. The van der Waals surface area contributed by atoms with Gasteiger partial charge in [-0.05, 0) is 43.3 Å². The Morgan fingerprint density at radius 3 is 2.52 bits per heavy atom. The number of aromatic nitrogens is 2. The van der Waals surface area contributed by atoms with Crippen LogP contribution in [0.5, 0.6) is 0 Å². The topological polar surface area (TPSA) is 50.2 Å². The van der Waals surface area contributed by atoms with Crippen LogP contribution in [-0.2, 0) is 0 Å². The van der Waals surface area contributed by atoms with E-state index < -0.39 is 0 Å². The van der Waals surface area contributed by atoms with Crippen LogP contribution < -0.4 is 10.2 Å². The molecule has 0 atom stereocenters. The molecular weight excluding hydrogens is 336 g/mol. The zero-order chi connectivity index (χ0) is 18.0. The average Bonchev–Trinajstić information content (AvgIpc) is 2.97. The molecule has 128 valence electrons. The zero-order valence-electron chi connectivity index (χ0n) is 14.3. The van der Waals surface area contributed by atoms with E-state index in [4.69, 9.17) is 11.6 Å². The van der Waals surface area contributed by atoms with E-state index in [1.807, 2.05) is 62.3 Å². The van der Waals surface area contributed by atoms with Crippen LogP contribution in [0.25, 0.3) is 5.69 Å². The van der Waals surface area contributed by atoms with Crippen LogP contribution in [0.3, 0.4) is 0 Å². The molecule has 0 aliphatic carbocycles. The maximum absolute atomic E-state index is 12.6. The summed E-state index contributed by atoms with van der Waals surface area (Å²) in [5.41, 5.74) is 3.67. The van der Waals surface area contributed by atoms with E-state index in [0.29, 0.717) is 16.4 Å². The van der Waals surface area contributed by atoms with E-state index in [-0.39, 0.29) is 5.91 Å². The molecule has 5 nitrogen and oxygen atoms in total. The fraction of sp³-hybridized carbons (Fsp3) is 0.158. The number of carbonyl (C=O) groups excluding carboxylic acids is 1. The maximum atomic E-state index is 12.6. The van der Waals surface area contributed by atoms with Gasteiger partial charge < -0.3 is 10.2 Å². The van der Waals surface area contributed by atoms with Crippen LogP contribution in [0.4, 0.5) is 11.4 Å². The van der Waals surface area contributed by atoms with Gasteiger partial charge in [0.1, 0.15) is 0 Å². The average molecular weight is 355 g/mol. The minimum Gasteiger partial charge on any atom is -0.376 e. The number of para-hydroxylation sites is 1. The number of benzene rings is 2. The van der Waals surface area contributed by atoms with Gasteiger partial charge in [0.25, 0.3) is 5.91 Å². The highest BCUT2D eigenvalue weighted by molar-refractivity contribution is 6.31. The Labute approximate surface area is 151 Å². The van der Waals surface area contributed by atoms with Gasteiger partial charge in [0, 0.05) is 24.8 Å². The quantitative estimate of drug-likeness (QED) is 0.765. The highest BCUT2D eigenvalue weighted by atomic mass is 35.5. The van der Waals surface area contributed by atoms with Crippen molar-refractivity contribution in [1.82, 2.24) is 9.78 Å². The van der Waals surface area contributed by atoms with Crippen LogP contribution >= 0.6 is 11.6 Å². The Morgan fingerprint density at radius 1 is 1.12 bits per heavy atom. The summed E-state index contributed by atoms with van der Waals surface area (Å²) in [4.78, 5) is 14.6. The Balaban J connectivity index is 1.89. The van der Waals surface area contributed by atoms with E-state index in [1.165, 1.54) is 0 Å². The summed E-state index contributed by atoms with van der Waals surface area (Å²) in [6.45, 7) is 1.92. The van der Waals surface area contributed by atoms with Crippen molar-refractivity contribution in [2.45, 2.75) is 6.92 Å². The predicted molar refractivity (Wildman–Crippen MR) is 102 cm³/mol. The van der Waals surface area contributed by atoms with Gasteiger partial charge in [-0.15, -0.1) is 0 Å². The van der Waals surface area contributed by atoms with E-state index in [2.05, 4.69) is 10.4 Å². The van der Waals surface area contributed by atoms with E-state index in [0.717, 1.165) is 17.1 Å². The first-order chi connectivity index (χ1) is 12.0. The Bertz CT molecular complexity index is 903. The molecule has 0 aliphatic rings. The van der Waals surface area contributed by atoms with Gasteiger partial charge in [0.2, 0.25) is 0 Å². The molecule has 0 saturated carbocycles. The normalized spacial score (nSPS) is 10.6. The highest BCUT2D eigenvalue weighted by Crippen LogP contribution is 2.28.